The van der Waals surface area contributed by atoms with E-state index < -0.39 is 16.1 Å². The highest BCUT2D eigenvalue weighted by Crippen LogP contribution is 2.24. The van der Waals surface area contributed by atoms with Gasteiger partial charge in [-0.3, -0.25) is 0 Å². The highest BCUT2D eigenvalue weighted by molar-refractivity contribution is 7.86. The zero-order valence-electron chi connectivity index (χ0n) is 10.2. The van der Waals surface area contributed by atoms with E-state index in [0.29, 0.717) is 5.56 Å². The van der Waals surface area contributed by atoms with Crippen LogP contribution in [0.5, 0.6) is 0 Å². The number of benzene rings is 2. The molecule has 0 fully saturated rings. The molecule has 4 nitrogen and oxygen atoms in total. The van der Waals surface area contributed by atoms with Crippen LogP contribution in [0.3, 0.4) is 0 Å². The maximum Gasteiger partial charge on any atom is 0.354 e. The summed E-state index contributed by atoms with van der Waals surface area (Å²) in [5.74, 6) is -0.873. The normalized spacial score (nSPS) is 11.0. The Morgan fingerprint density at radius 1 is 0.947 bits per heavy atom. The van der Waals surface area contributed by atoms with Crippen molar-refractivity contribution in [3.05, 3.63) is 60.2 Å². The summed E-state index contributed by atoms with van der Waals surface area (Å²) in [7, 11) is -3.82. The minimum atomic E-state index is -3.82. The number of carbonyl (C=O) groups is 1. The molecule has 0 aromatic heterocycles. The monoisotopic (exact) mass is 276 g/mol. The smallest absolute Gasteiger partial charge is 0.341 e. The lowest BCUT2D eigenvalue weighted by atomic mass is 10.00. The number of rotatable bonds is 3. The van der Waals surface area contributed by atoms with Gasteiger partial charge in [-0.05, 0) is 17.2 Å². The van der Waals surface area contributed by atoms with Gasteiger partial charge in [-0.2, -0.15) is 8.42 Å². The maximum atomic E-state index is 11.9. The first-order valence-electron chi connectivity index (χ1n) is 5.55. The van der Waals surface area contributed by atoms with E-state index in [2.05, 4.69) is 4.18 Å². The Balaban J connectivity index is 2.45. The van der Waals surface area contributed by atoms with Crippen molar-refractivity contribution in [3.8, 4) is 11.1 Å². The van der Waals surface area contributed by atoms with Crippen LogP contribution in [0.1, 0.15) is 10.4 Å². The molecule has 0 saturated heterocycles. The van der Waals surface area contributed by atoms with Crippen molar-refractivity contribution >= 4 is 16.1 Å². The molecule has 5 heteroatoms. The molecule has 0 bridgehead atoms. The van der Waals surface area contributed by atoms with Crippen molar-refractivity contribution in [2.45, 2.75) is 0 Å². The Morgan fingerprint density at radius 3 is 2.16 bits per heavy atom. The molecule has 19 heavy (non-hydrogen) atoms. The largest absolute Gasteiger partial charge is 0.354 e. The summed E-state index contributed by atoms with van der Waals surface area (Å²) in [5, 5.41) is 0. The first-order chi connectivity index (χ1) is 8.97. The molecule has 0 amide bonds. The van der Waals surface area contributed by atoms with Crippen LogP contribution in [0.2, 0.25) is 0 Å². The summed E-state index contributed by atoms with van der Waals surface area (Å²) >= 11 is 0. The molecule has 0 unspecified atom stereocenters. The molecule has 0 radical (unpaired) electrons. The number of hydrogen-bond acceptors (Lipinski definition) is 4. The lowest BCUT2D eigenvalue weighted by Crippen LogP contribution is -2.12. The molecule has 2 aromatic rings. The fourth-order valence-corrected chi connectivity index (χ4v) is 2.08. The molecular weight excluding hydrogens is 264 g/mol. The summed E-state index contributed by atoms with van der Waals surface area (Å²) in [6.45, 7) is 0. The molecule has 0 aliphatic carbocycles. The van der Waals surface area contributed by atoms with E-state index in [0.717, 1.165) is 11.8 Å². The molecular formula is C14H12O4S. The van der Waals surface area contributed by atoms with E-state index in [9.17, 15) is 13.2 Å². The Labute approximate surface area is 111 Å². The van der Waals surface area contributed by atoms with Crippen molar-refractivity contribution in [2.24, 2.45) is 0 Å². The molecule has 0 saturated carbocycles. The lowest BCUT2D eigenvalue weighted by molar-refractivity contribution is 0.0749. The molecule has 0 aliphatic heterocycles. The molecule has 0 N–H and O–H groups in total. The van der Waals surface area contributed by atoms with Gasteiger partial charge in [-0.25, -0.2) is 4.79 Å². The van der Waals surface area contributed by atoms with Crippen molar-refractivity contribution in [1.29, 1.82) is 0 Å². The van der Waals surface area contributed by atoms with Crippen molar-refractivity contribution < 1.29 is 17.4 Å². The van der Waals surface area contributed by atoms with Crippen molar-refractivity contribution in [2.75, 3.05) is 6.26 Å². The SMILES string of the molecule is CS(=O)(=O)OC(=O)c1ccccc1-c1ccccc1. The van der Waals surface area contributed by atoms with E-state index >= 15 is 0 Å². The topological polar surface area (TPSA) is 60.4 Å². The Morgan fingerprint density at radius 2 is 1.53 bits per heavy atom. The van der Waals surface area contributed by atoms with Gasteiger partial charge >= 0.3 is 16.1 Å². The minimum absolute atomic E-state index is 0.221. The highest BCUT2D eigenvalue weighted by atomic mass is 32.2. The number of carbonyl (C=O) groups excluding carboxylic acids is 1. The first kappa shape index (κ1) is 13.3. The molecule has 0 spiro atoms. The number of hydrogen-bond donors (Lipinski definition) is 0. The van der Waals surface area contributed by atoms with E-state index in [1.807, 2.05) is 30.3 Å². The van der Waals surface area contributed by atoms with E-state index in [1.165, 1.54) is 6.07 Å². The Hall–Kier alpha value is -2.14. The summed E-state index contributed by atoms with van der Waals surface area (Å²) in [5.41, 5.74) is 1.68. The van der Waals surface area contributed by atoms with Crippen LogP contribution in [0.4, 0.5) is 0 Å². The molecule has 2 rings (SSSR count). The van der Waals surface area contributed by atoms with Crippen LogP contribution in [0.15, 0.2) is 54.6 Å². The fourth-order valence-electron chi connectivity index (χ4n) is 1.71. The van der Waals surface area contributed by atoms with Gasteiger partial charge in [0.05, 0.1) is 11.8 Å². The molecule has 98 valence electrons. The van der Waals surface area contributed by atoms with E-state index in [1.54, 1.807) is 18.2 Å². The third kappa shape index (κ3) is 3.42. The lowest BCUT2D eigenvalue weighted by Gasteiger charge is -2.08. The summed E-state index contributed by atoms with van der Waals surface area (Å²) in [6.07, 6.45) is 0.843. The average molecular weight is 276 g/mol. The first-order valence-corrected chi connectivity index (χ1v) is 7.37. The minimum Gasteiger partial charge on any atom is -0.341 e. The predicted molar refractivity (Wildman–Crippen MR) is 72.1 cm³/mol. The van der Waals surface area contributed by atoms with Gasteiger partial charge in [-0.1, -0.05) is 48.5 Å². The van der Waals surface area contributed by atoms with Gasteiger partial charge in [0.15, 0.2) is 0 Å². The van der Waals surface area contributed by atoms with Gasteiger partial charge in [0.1, 0.15) is 0 Å². The summed E-state index contributed by atoms with van der Waals surface area (Å²) in [6, 6.07) is 15.9. The van der Waals surface area contributed by atoms with Crippen LogP contribution in [0.25, 0.3) is 11.1 Å². The van der Waals surface area contributed by atoms with E-state index in [4.69, 9.17) is 0 Å². The second-order valence-corrected chi connectivity index (χ2v) is 5.56. The van der Waals surface area contributed by atoms with Crippen LogP contribution < -0.4 is 0 Å². The Bertz CT molecular complexity index is 690. The summed E-state index contributed by atoms with van der Waals surface area (Å²) < 4.78 is 26.5. The third-order valence-corrected chi connectivity index (χ3v) is 2.91. The standard InChI is InChI=1S/C14H12O4S/c1-19(16,17)18-14(15)13-10-6-5-9-12(13)11-7-3-2-4-8-11/h2-10H,1H3. The highest BCUT2D eigenvalue weighted by Gasteiger charge is 2.17. The maximum absolute atomic E-state index is 11.9. The van der Waals surface area contributed by atoms with Gasteiger partial charge < -0.3 is 4.18 Å². The van der Waals surface area contributed by atoms with Crippen LogP contribution >= 0.6 is 0 Å². The molecule has 2 aromatic carbocycles. The zero-order chi connectivity index (χ0) is 13.9. The van der Waals surface area contributed by atoms with Gasteiger partial charge in [0.2, 0.25) is 0 Å². The van der Waals surface area contributed by atoms with Gasteiger partial charge in [0.25, 0.3) is 0 Å². The zero-order valence-corrected chi connectivity index (χ0v) is 11.1. The van der Waals surface area contributed by atoms with E-state index in [-0.39, 0.29) is 5.56 Å². The van der Waals surface area contributed by atoms with Crippen molar-refractivity contribution in [3.63, 3.8) is 0 Å². The van der Waals surface area contributed by atoms with Gasteiger partial charge in [0, 0.05) is 0 Å². The van der Waals surface area contributed by atoms with Crippen molar-refractivity contribution in [1.82, 2.24) is 0 Å². The molecule has 0 heterocycles. The van der Waals surface area contributed by atoms with Crippen LogP contribution in [-0.2, 0) is 14.3 Å². The Kier molecular flexibility index (Phi) is 3.66. The summed E-state index contributed by atoms with van der Waals surface area (Å²) in [4.78, 5) is 11.9. The quantitative estimate of drug-likeness (QED) is 0.808. The second kappa shape index (κ2) is 5.24. The second-order valence-electron chi connectivity index (χ2n) is 3.99. The molecule has 0 atom stereocenters. The third-order valence-electron chi connectivity index (χ3n) is 2.46. The van der Waals surface area contributed by atoms with Gasteiger partial charge in [-0.15, -0.1) is 0 Å². The average Bonchev–Trinajstić information content (AvgIpc) is 2.38. The predicted octanol–water partition coefficient (Wildman–Crippen LogP) is 2.47. The van der Waals surface area contributed by atoms with Crippen LogP contribution in [-0.4, -0.2) is 20.6 Å². The van der Waals surface area contributed by atoms with Crippen LogP contribution in [0, 0.1) is 0 Å². The molecule has 0 aliphatic rings. The fraction of sp³-hybridized carbons (Fsp3) is 0.0714.